The number of likely N-dealkylation sites (tertiary alicyclic amines) is 1. The van der Waals surface area contributed by atoms with E-state index in [9.17, 15) is 0 Å². The van der Waals surface area contributed by atoms with Gasteiger partial charge in [0.05, 0.1) is 0 Å². The molecule has 2 rings (SSSR count). The van der Waals surface area contributed by atoms with E-state index in [0.717, 1.165) is 24.9 Å². The third kappa shape index (κ3) is 1.17. The minimum Gasteiger partial charge on any atom is -0.396 e. The summed E-state index contributed by atoms with van der Waals surface area (Å²) < 4.78 is 0. The van der Waals surface area contributed by atoms with E-state index < -0.39 is 0 Å². The van der Waals surface area contributed by atoms with Crippen molar-refractivity contribution in [1.82, 2.24) is 4.90 Å². The summed E-state index contributed by atoms with van der Waals surface area (Å²) >= 11 is 0. The number of nitrogens with zero attached hydrogens (tertiary/aromatic N) is 1. The Balaban J connectivity index is 1.76. The Hall–Kier alpha value is -0.120. The van der Waals surface area contributed by atoms with Gasteiger partial charge in [0.2, 0.25) is 0 Å². The zero-order valence-electron chi connectivity index (χ0n) is 6.74. The molecule has 0 aromatic rings. The first-order valence-corrected chi connectivity index (χ1v) is 4.40. The monoisotopic (exact) mass is 156 g/mol. The van der Waals surface area contributed by atoms with Crippen LogP contribution in [-0.2, 0) is 0 Å². The van der Waals surface area contributed by atoms with Gasteiger partial charge >= 0.3 is 0 Å². The zero-order chi connectivity index (χ0) is 7.84. The van der Waals surface area contributed by atoms with Gasteiger partial charge in [-0.25, -0.2) is 0 Å². The van der Waals surface area contributed by atoms with Crippen LogP contribution in [0, 0.1) is 17.8 Å². The second-order valence-electron chi connectivity index (χ2n) is 3.72. The average Bonchev–Trinajstić information content (AvgIpc) is 2.47. The average molecular weight is 156 g/mol. The molecule has 1 aliphatic heterocycles. The molecular formula is C8H16N2O. The number of nitrogens with two attached hydrogens (primary N) is 1. The summed E-state index contributed by atoms with van der Waals surface area (Å²) in [5, 5.41) is 8.88. The van der Waals surface area contributed by atoms with Crippen LogP contribution in [0.2, 0.25) is 0 Å². The summed E-state index contributed by atoms with van der Waals surface area (Å²) in [7, 11) is 0. The van der Waals surface area contributed by atoms with Crippen molar-refractivity contribution in [3.63, 3.8) is 0 Å². The van der Waals surface area contributed by atoms with Crippen molar-refractivity contribution in [1.29, 1.82) is 0 Å². The van der Waals surface area contributed by atoms with Crippen LogP contribution in [0.4, 0.5) is 0 Å². The van der Waals surface area contributed by atoms with Gasteiger partial charge in [-0.05, 0) is 17.8 Å². The highest BCUT2D eigenvalue weighted by Gasteiger charge is 2.54. The molecule has 0 spiro atoms. The summed E-state index contributed by atoms with van der Waals surface area (Å²) in [6.07, 6.45) is 0. The van der Waals surface area contributed by atoms with Crippen LogP contribution in [0.25, 0.3) is 0 Å². The molecule has 1 saturated carbocycles. The molecule has 1 aliphatic carbocycles. The van der Waals surface area contributed by atoms with Gasteiger partial charge in [0.15, 0.2) is 0 Å². The fraction of sp³-hybridized carbons (Fsp3) is 1.00. The van der Waals surface area contributed by atoms with Crippen LogP contribution < -0.4 is 5.73 Å². The molecule has 2 fully saturated rings. The third-order valence-corrected chi connectivity index (χ3v) is 3.10. The molecule has 0 radical (unpaired) electrons. The van der Waals surface area contributed by atoms with Crippen molar-refractivity contribution >= 4 is 0 Å². The van der Waals surface area contributed by atoms with Crippen molar-refractivity contribution in [3.05, 3.63) is 0 Å². The Morgan fingerprint density at radius 2 is 2.00 bits per heavy atom. The molecule has 3 N–H and O–H groups in total. The molecule has 3 heteroatoms. The molecule has 2 aliphatic rings. The second kappa shape index (κ2) is 2.73. The van der Waals surface area contributed by atoms with Gasteiger partial charge in [0.25, 0.3) is 0 Å². The minimum atomic E-state index is 0.395. The quantitative estimate of drug-likeness (QED) is 0.557. The normalized spacial score (nSPS) is 42.5. The molecule has 0 amide bonds. The Bertz CT molecular complexity index is 139. The van der Waals surface area contributed by atoms with Crippen molar-refractivity contribution in [2.75, 3.05) is 32.8 Å². The number of hydrogen-bond acceptors (Lipinski definition) is 3. The highest BCUT2D eigenvalue weighted by molar-refractivity contribution is 5.04. The summed E-state index contributed by atoms with van der Waals surface area (Å²) in [6, 6.07) is 0. The lowest BCUT2D eigenvalue weighted by atomic mass is 10.3. The van der Waals surface area contributed by atoms with Crippen LogP contribution in [0.3, 0.4) is 0 Å². The van der Waals surface area contributed by atoms with E-state index in [1.807, 2.05) is 0 Å². The Morgan fingerprint density at radius 3 is 2.45 bits per heavy atom. The van der Waals surface area contributed by atoms with Gasteiger partial charge in [-0.3, -0.25) is 0 Å². The third-order valence-electron chi connectivity index (χ3n) is 3.10. The topological polar surface area (TPSA) is 49.5 Å². The number of piperidine rings is 1. The number of aliphatic hydroxyl groups is 1. The Labute approximate surface area is 67.2 Å². The first-order chi connectivity index (χ1) is 5.36. The van der Waals surface area contributed by atoms with E-state index >= 15 is 0 Å². The van der Waals surface area contributed by atoms with Gasteiger partial charge in [0, 0.05) is 32.8 Å². The first kappa shape index (κ1) is 7.53. The fourth-order valence-electron chi connectivity index (χ4n) is 2.37. The maximum Gasteiger partial charge on any atom is 0.0465 e. The molecule has 0 bridgehead atoms. The molecule has 0 aromatic heterocycles. The molecule has 11 heavy (non-hydrogen) atoms. The lowest BCUT2D eigenvalue weighted by Crippen LogP contribution is -2.30. The van der Waals surface area contributed by atoms with E-state index in [-0.39, 0.29) is 0 Å². The Kier molecular flexibility index (Phi) is 1.87. The van der Waals surface area contributed by atoms with Crippen molar-refractivity contribution in [3.8, 4) is 0 Å². The van der Waals surface area contributed by atoms with E-state index in [1.54, 1.807) is 0 Å². The molecule has 1 heterocycles. The lowest BCUT2D eigenvalue weighted by molar-refractivity contribution is 0.223. The molecular weight excluding hydrogens is 140 g/mol. The standard InChI is InChI=1S/C8H16N2O/c9-1-2-10-3-6-7(4-10)8(6)5-11/h6-8,11H,1-5,9H2. The van der Waals surface area contributed by atoms with Crippen LogP contribution >= 0.6 is 0 Å². The first-order valence-electron chi connectivity index (χ1n) is 4.40. The SMILES string of the molecule is NCCN1CC2C(CO)C2C1. The predicted octanol–water partition coefficient (Wildman–Crippen LogP) is -0.885. The number of aliphatic hydroxyl groups excluding tert-OH is 1. The number of fused-ring (bicyclic) bond motifs is 1. The summed E-state index contributed by atoms with van der Waals surface area (Å²) in [6.45, 7) is 4.54. The van der Waals surface area contributed by atoms with Crippen molar-refractivity contribution < 1.29 is 5.11 Å². The molecule has 2 atom stereocenters. The van der Waals surface area contributed by atoms with E-state index in [0.29, 0.717) is 12.5 Å². The predicted molar refractivity (Wildman–Crippen MR) is 43.1 cm³/mol. The van der Waals surface area contributed by atoms with Gasteiger partial charge in [-0.2, -0.15) is 0 Å². The van der Waals surface area contributed by atoms with E-state index in [2.05, 4.69) is 4.90 Å². The molecule has 1 saturated heterocycles. The molecule has 64 valence electrons. The van der Waals surface area contributed by atoms with Crippen molar-refractivity contribution in [2.45, 2.75) is 0 Å². The maximum absolute atomic E-state index is 8.88. The van der Waals surface area contributed by atoms with Crippen LogP contribution in [0.15, 0.2) is 0 Å². The van der Waals surface area contributed by atoms with Gasteiger partial charge in [-0.15, -0.1) is 0 Å². The highest BCUT2D eigenvalue weighted by Crippen LogP contribution is 2.50. The lowest BCUT2D eigenvalue weighted by Gasteiger charge is -2.17. The summed E-state index contributed by atoms with van der Waals surface area (Å²) in [4.78, 5) is 2.40. The Morgan fingerprint density at radius 1 is 1.36 bits per heavy atom. The summed E-state index contributed by atoms with van der Waals surface area (Å²) in [5.74, 6) is 2.22. The molecule has 0 aromatic carbocycles. The van der Waals surface area contributed by atoms with Gasteiger partial charge in [0.1, 0.15) is 0 Å². The second-order valence-corrected chi connectivity index (χ2v) is 3.72. The largest absolute Gasteiger partial charge is 0.396 e. The van der Waals surface area contributed by atoms with Crippen LogP contribution in [0.5, 0.6) is 0 Å². The molecule has 2 unspecified atom stereocenters. The van der Waals surface area contributed by atoms with E-state index in [1.165, 1.54) is 13.1 Å². The number of rotatable bonds is 3. The minimum absolute atomic E-state index is 0.395. The molecule has 3 nitrogen and oxygen atoms in total. The fourth-order valence-corrected chi connectivity index (χ4v) is 2.37. The van der Waals surface area contributed by atoms with Crippen LogP contribution in [-0.4, -0.2) is 42.8 Å². The zero-order valence-corrected chi connectivity index (χ0v) is 6.74. The van der Waals surface area contributed by atoms with E-state index in [4.69, 9.17) is 10.8 Å². The van der Waals surface area contributed by atoms with Gasteiger partial charge < -0.3 is 15.7 Å². The van der Waals surface area contributed by atoms with Crippen LogP contribution in [0.1, 0.15) is 0 Å². The number of hydrogen-bond donors (Lipinski definition) is 2. The van der Waals surface area contributed by atoms with Crippen molar-refractivity contribution in [2.24, 2.45) is 23.5 Å². The highest BCUT2D eigenvalue weighted by atomic mass is 16.3. The summed E-state index contributed by atoms with van der Waals surface area (Å²) in [5.41, 5.74) is 5.44. The van der Waals surface area contributed by atoms with Gasteiger partial charge in [-0.1, -0.05) is 0 Å². The maximum atomic E-state index is 8.88. The smallest absolute Gasteiger partial charge is 0.0465 e.